The van der Waals surface area contributed by atoms with Gasteiger partial charge in [-0.1, -0.05) is 18.2 Å². The Morgan fingerprint density at radius 3 is 2.63 bits per heavy atom. The van der Waals surface area contributed by atoms with Gasteiger partial charge in [0.1, 0.15) is 5.82 Å². The molecular formula is C13H17FN2O3. The summed E-state index contributed by atoms with van der Waals surface area (Å²) in [6, 6.07) is 5.78. The predicted octanol–water partition coefficient (Wildman–Crippen LogP) is 1.83. The van der Waals surface area contributed by atoms with Crippen molar-refractivity contribution >= 4 is 12.0 Å². The fraction of sp³-hybridized carbons (Fsp3) is 0.385. The summed E-state index contributed by atoms with van der Waals surface area (Å²) >= 11 is 0. The fourth-order valence-electron chi connectivity index (χ4n) is 1.56. The maximum atomic E-state index is 13.3. The third kappa shape index (κ3) is 4.95. The molecule has 0 aromatic heterocycles. The summed E-state index contributed by atoms with van der Waals surface area (Å²) in [5.41, 5.74) is 0.394. The molecule has 0 atom stereocenters. The first kappa shape index (κ1) is 14.9. The molecule has 5 nitrogen and oxygen atoms in total. The van der Waals surface area contributed by atoms with Crippen LogP contribution in [0.25, 0.3) is 0 Å². The predicted molar refractivity (Wildman–Crippen MR) is 68.1 cm³/mol. The molecule has 0 bridgehead atoms. The molecule has 0 unspecified atom stereocenters. The maximum absolute atomic E-state index is 13.3. The Balaban J connectivity index is 2.49. The number of carbonyl (C=O) groups excluding carboxylic acids is 1. The molecule has 1 aromatic carbocycles. The number of urea groups is 1. The number of halogens is 1. The van der Waals surface area contributed by atoms with E-state index in [2.05, 4.69) is 5.32 Å². The minimum absolute atomic E-state index is 0.0785. The van der Waals surface area contributed by atoms with Gasteiger partial charge in [-0.3, -0.25) is 4.79 Å². The van der Waals surface area contributed by atoms with E-state index in [1.165, 1.54) is 11.0 Å². The van der Waals surface area contributed by atoms with E-state index in [9.17, 15) is 14.0 Å². The highest BCUT2D eigenvalue weighted by atomic mass is 19.1. The minimum atomic E-state index is -0.958. The smallest absolute Gasteiger partial charge is 0.317 e. The van der Waals surface area contributed by atoms with Crippen LogP contribution >= 0.6 is 0 Å². The molecule has 6 heteroatoms. The summed E-state index contributed by atoms with van der Waals surface area (Å²) in [5, 5.41) is 11.1. The number of carboxylic acids is 1. The van der Waals surface area contributed by atoms with E-state index in [4.69, 9.17) is 5.11 Å². The summed E-state index contributed by atoms with van der Waals surface area (Å²) < 4.78 is 13.3. The van der Waals surface area contributed by atoms with E-state index in [0.29, 0.717) is 12.1 Å². The van der Waals surface area contributed by atoms with Crippen molar-refractivity contribution in [2.45, 2.75) is 19.9 Å². The summed E-state index contributed by atoms with van der Waals surface area (Å²) in [7, 11) is 0. The minimum Gasteiger partial charge on any atom is -0.481 e. The monoisotopic (exact) mass is 268 g/mol. The molecule has 2 N–H and O–H groups in total. The Kier molecular flexibility index (Phi) is 5.78. The zero-order valence-corrected chi connectivity index (χ0v) is 10.7. The number of benzene rings is 1. The van der Waals surface area contributed by atoms with Crippen LogP contribution in [-0.4, -0.2) is 35.1 Å². The van der Waals surface area contributed by atoms with Crippen molar-refractivity contribution in [2.75, 3.05) is 13.1 Å². The van der Waals surface area contributed by atoms with Crippen LogP contribution in [0.2, 0.25) is 0 Å². The van der Waals surface area contributed by atoms with E-state index in [0.717, 1.165) is 0 Å². The third-order valence-electron chi connectivity index (χ3n) is 2.65. The van der Waals surface area contributed by atoms with Crippen LogP contribution in [0.4, 0.5) is 9.18 Å². The largest absolute Gasteiger partial charge is 0.481 e. The van der Waals surface area contributed by atoms with Gasteiger partial charge < -0.3 is 15.3 Å². The summed E-state index contributed by atoms with van der Waals surface area (Å²) in [6.07, 6.45) is -0.110. The number of nitrogens with zero attached hydrogens (tertiary/aromatic N) is 1. The van der Waals surface area contributed by atoms with Crippen LogP contribution in [0.1, 0.15) is 18.9 Å². The summed E-state index contributed by atoms with van der Waals surface area (Å²) in [5.74, 6) is -1.34. The highest BCUT2D eigenvalue weighted by Crippen LogP contribution is 2.05. The second kappa shape index (κ2) is 7.35. The summed E-state index contributed by atoms with van der Waals surface area (Å²) in [4.78, 5) is 23.6. The van der Waals surface area contributed by atoms with Crippen molar-refractivity contribution in [1.82, 2.24) is 10.2 Å². The van der Waals surface area contributed by atoms with Crippen LogP contribution in [0.5, 0.6) is 0 Å². The van der Waals surface area contributed by atoms with Gasteiger partial charge in [-0.05, 0) is 13.0 Å². The molecule has 2 amide bonds. The SMILES string of the molecule is CCN(CCC(=O)O)C(=O)NCc1ccccc1F. The van der Waals surface area contributed by atoms with Crippen LogP contribution in [-0.2, 0) is 11.3 Å². The number of nitrogens with one attached hydrogen (secondary N) is 1. The Morgan fingerprint density at radius 1 is 1.37 bits per heavy atom. The van der Waals surface area contributed by atoms with E-state index in [1.807, 2.05) is 0 Å². The Hall–Kier alpha value is -2.11. The van der Waals surface area contributed by atoms with Gasteiger partial charge in [-0.15, -0.1) is 0 Å². The number of carbonyl (C=O) groups is 2. The Bertz CT molecular complexity index is 451. The molecule has 0 saturated heterocycles. The van der Waals surface area contributed by atoms with Gasteiger partial charge in [0.05, 0.1) is 6.42 Å². The lowest BCUT2D eigenvalue weighted by Crippen LogP contribution is -2.40. The van der Waals surface area contributed by atoms with Crippen molar-refractivity contribution in [2.24, 2.45) is 0 Å². The molecule has 1 rings (SSSR count). The molecular weight excluding hydrogens is 251 g/mol. The van der Waals surface area contributed by atoms with E-state index >= 15 is 0 Å². The van der Waals surface area contributed by atoms with Gasteiger partial charge in [0.15, 0.2) is 0 Å². The molecule has 0 radical (unpaired) electrons. The molecule has 0 aliphatic heterocycles. The third-order valence-corrected chi connectivity index (χ3v) is 2.65. The average molecular weight is 268 g/mol. The van der Waals surface area contributed by atoms with Gasteiger partial charge in [0.2, 0.25) is 0 Å². The second-order valence-electron chi connectivity index (χ2n) is 3.97. The molecule has 0 heterocycles. The van der Waals surface area contributed by atoms with Gasteiger partial charge in [0, 0.05) is 25.2 Å². The highest BCUT2D eigenvalue weighted by Gasteiger charge is 2.13. The standard InChI is InChI=1S/C13H17FN2O3/c1-2-16(8-7-12(17)18)13(19)15-9-10-5-3-4-6-11(10)14/h3-6H,2,7-9H2,1H3,(H,15,19)(H,17,18). The van der Waals surface area contributed by atoms with E-state index in [-0.39, 0.29) is 25.3 Å². The highest BCUT2D eigenvalue weighted by molar-refractivity contribution is 5.75. The van der Waals surface area contributed by atoms with Gasteiger partial charge >= 0.3 is 12.0 Å². The topological polar surface area (TPSA) is 69.6 Å². The maximum Gasteiger partial charge on any atom is 0.317 e. The quantitative estimate of drug-likeness (QED) is 0.827. The second-order valence-corrected chi connectivity index (χ2v) is 3.97. The molecule has 19 heavy (non-hydrogen) atoms. The molecule has 104 valence electrons. The Labute approximate surface area is 111 Å². The summed E-state index contributed by atoms with van der Waals surface area (Å²) in [6.45, 7) is 2.37. The lowest BCUT2D eigenvalue weighted by molar-refractivity contribution is -0.137. The first-order valence-electron chi connectivity index (χ1n) is 6.02. The molecule has 0 aliphatic carbocycles. The zero-order chi connectivity index (χ0) is 14.3. The Morgan fingerprint density at radius 2 is 2.05 bits per heavy atom. The zero-order valence-electron chi connectivity index (χ0n) is 10.7. The fourth-order valence-corrected chi connectivity index (χ4v) is 1.56. The molecule has 0 saturated carbocycles. The lowest BCUT2D eigenvalue weighted by Gasteiger charge is -2.20. The van der Waals surface area contributed by atoms with Crippen molar-refractivity contribution in [3.05, 3.63) is 35.6 Å². The van der Waals surface area contributed by atoms with Crippen molar-refractivity contribution in [3.8, 4) is 0 Å². The van der Waals surface area contributed by atoms with Gasteiger partial charge in [0.25, 0.3) is 0 Å². The van der Waals surface area contributed by atoms with Crippen molar-refractivity contribution in [1.29, 1.82) is 0 Å². The van der Waals surface area contributed by atoms with Gasteiger partial charge in [-0.2, -0.15) is 0 Å². The van der Waals surface area contributed by atoms with Crippen molar-refractivity contribution < 1.29 is 19.1 Å². The average Bonchev–Trinajstić information content (AvgIpc) is 2.38. The number of amides is 2. The number of aliphatic carboxylic acids is 1. The lowest BCUT2D eigenvalue weighted by atomic mass is 10.2. The molecule has 0 fully saturated rings. The van der Waals surface area contributed by atoms with Crippen LogP contribution < -0.4 is 5.32 Å². The van der Waals surface area contributed by atoms with Crippen LogP contribution in [0, 0.1) is 5.82 Å². The molecule has 0 aliphatic rings. The van der Waals surface area contributed by atoms with Crippen molar-refractivity contribution in [3.63, 3.8) is 0 Å². The molecule has 0 spiro atoms. The van der Waals surface area contributed by atoms with E-state index in [1.54, 1.807) is 25.1 Å². The van der Waals surface area contributed by atoms with E-state index < -0.39 is 12.0 Å². The number of carboxylic acid groups (broad SMARTS) is 1. The first-order valence-corrected chi connectivity index (χ1v) is 6.02. The normalized spacial score (nSPS) is 10.0. The number of hydrogen-bond donors (Lipinski definition) is 2. The number of rotatable bonds is 6. The van der Waals surface area contributed by atoms with Crippen LogP contribution in [0.3, 0.4) is 0 Å². The first-order chi connectivity index (χ1) is 9.04. The van der Waals surface area contributed by atoms with Crippen LogP contribution in [0.15, 0.2) is 24.3 Å². The molecule has 1 aromatic rings. The van der Waals surface area contributed by atoms with Gasteiger partial charge in [-0.25, -0.2) is 9.18 Å². The number of hydrogen-bond acceptors (Lipinski definition) is 2.